The van der Waals surface area contributed by atoms with Crippen molar-refractivity contribution in [2.75, 3.05) is 30.4 Å². The lowest BCUT2D eigenvalue weighted by Crippen LogP contribution is -2.33. The molecule has 1 aliphatic rings. The second kappa shape index (κ2) is 8.91. The van der Waals surface area contributed by atoms with Crippen molar-refractivity contribution in [3.05, 3.63) is 53.2 Å². The molecule has 0 bridgehead atoms. The van der Waals surface area contributed by atoms with Crippen LogP contribution < -0.4 is 15.0 Å². The largest absolute Gasteiger partial charge is 0.497 e. The Morgan fingerprint density at radius 2 is 1.89 bits per heavy atom. The maximum Gasteiger partial charge on any atom is 0.248 e. The van der Waals surface area contributed by atoms with Gasteiger partial charge in [0.1, 0.15) is 11.6 Å². The third-order valence-electron chi connectivity index (χ3n) is 5.33. The van der Waals surface area contributed by atoms with Crippen LogP contribution in [-0.4, -0.2) is 31.1 Å². The van der Waals surface area contributed by atoms with Crippen molar-refractivity contribution in [3.8, 4) is 5.75 Å². The monoisotopic (exact) mass is 379 g/mol. The van der Waals surface area contributed by atoms with Crippen molar-refractivity contribution in [1.82, 2.24) is 4.98 Å². The number of piperidine rings is 1. The first-order valence-electron chi connectivity index (χ1n) is 9.81. The molecule has 0 saturated carbocycles. The van der Waals surface area contributed by atoms with E-state index in [0.717, 1.165) is 47.3 Å². The number of hydrogen-bond donors (Lipinski definition) is 1. The Bertz CT molecular complexity index is 828. The molecule has 1 amide bonds. The minimum atomic E-state index is -0.170. The lowest BCUT2D eigenvalue weighted by Gasteiger charge is -2.31. The molecule has 1 aromatic carbocycles. The topological polar surface area (TPSA) is 54.5 Å². The zero-order chi connectivity index (χ0) is 20.1. The SMILES string of the molecule is COc1cc(C)c(/C=C/C(=O)Nc2ccc(N3CCC(C)CC3)nc2)c(C)c1. The van der Waals surface area contributed by atoms with Crippen LogP contribution in [0.15, 0.2) is 36.5 Å². The molecule has 1 N–H and O–H groups in total. The fourth-order valence-corrected chi connectivity index (χ4v) is 3.54. The summed E-state index contributed by atoms with van der Waals surface area (Å²) in [6.45, 7) is 8.41. The summed E-state index contributed by atoms with van der Waals surface area (Å²) in [7, 11) is 1.66. The number of ether oxygens (including phenoxy) is 1. The van der Waals surface area contributed by atoms with Crippen molar-refractivity contribution < 1.29 is 9.53 Å². The number of carbonyl (C=O) groups excluding carboxylic acids is 1. The second-order valence-electron chi connectivity index (χ2n) is 7.57. The Hall–Kier alpha value is -2.82. The van der Waals surface area contributed by atoms with Gasteiger partial charge in [-0.3, -0.25) is 4.79 Å². The number of aryl methyl sites for hydroxylation is 2. The van der Waals surface area contributed by atoms with E-state index in [2.05, 4.69) is 22.1 Å². The van der Waals surface area contributed by atoms with Gasteiger partial charge in [-0.05, 0) is 79.6 Å². The highest BCUT2D eigenvalue weighted by Gasteiger charge is 2.16. The van der Waals surface area contributed by atoms with E-state index in [1.54, 1.807) is 19.4 Å². The molecule has 0 spiro atoms. The van der Waals surface area contributed by atoms with Gasteiger partial charge in [0.2, 0.25) is 5.91 Å². The fourth-order valence-electron chi connectivity index (χ4n) is 3.54. The highest BCUT2D eigenvalue weighted by molar-refractivity contribution is 6.02. The van der Waals surface area contributed by atoms with E-state index in [9.17, 15) is 4.79 Å². The number of pyridine rings is 1. The number of amides is 1. The summed E-state index contributed by atoms with van der Waals surface area (Å²) in [6.07, 6.45) is 7.53. The smallest absolute Gasteiger partial charge is 0.248 e. The maximum atomic E-state index is 12.3. The molecule has 2 aromatic rings. The number of hydrogen-bond acceptors (Lipinski definition) is 4. The first-order valence-corrected chi connectivity index (χ1v) is 9.81. The summed E-state index contributed by atoms with van der Waals surface area (Å²) in [5.41, 5.74) is 3.88. The van der Waals surface area contributed by atoms with Gasteiger partial charge < -0.3 is 15.0 Å². The number of carbonyl (C=O) groups is 1. The van der Waals surface area contributed by atoms with Crippen LogP contribution in [0.1, 0.15) is 36.5 Å². The first kappa shape index (κ1) is 19.9. The number of nitrogens with one attached hydrogen (secondary N) is 1. The fraction of sp³-hybridized carbons (Fsp3) is 0.391. The quantitative estimate of drug-likeness (QED) is 0.772. The van der Waals surface area contributed by atoms with Crippen molar-refractivity contribution in [3.63, 3.8) is 0 Å². The summed E-state index contributed by atoms with van der Waals surface area (Å²) < 4.78 is 5.28. The normalized spacial score (nSPS) is 15.1. The Labute approximate surface area is 167 Å². The highest BCUT2D eigenvalue weighted by atomic mass is 16.5. The van der Waals surface area contributed by atoms with Gasteiger partial charge in [-0.25, -0.2) is 4.98 Å². The molecule has 5 heteroatoms. The van der Waals surface area contributed by atoms with Gasteiger partial charge in [0, 0.05) is 19.2 Å². The van der Waals surface area contributed by atoms with Gasteiger partial charge in [0.25, 0.3) is 0 Å². The molecule has 5 nitrogen and oxygen atoms in total. The summed E-state index contributed by atoms with van der Waals surface area (Å²) >= 11 is 0. The van der Waals surface area contributed by atoms with Gasteiger partial charge in [-0.15, -0.1) is 0 Å². The van der Waals surface area contributed by atoms with Crippen molar-refractivity contribution in [2.24, 2.45) is 5.92 Å². The Balaban J connectivity index is 1.61. The Morgan fingerprint density at radius 3 is 2.46 bits per heavy atom. The lowest BCUT2D eigenvalue weighted by atomic mass is 9.99. The van der Waals surface area contributed by atoms with Crippen molar-refractivity contribution in [2.45, 2.75) is 33.6 Å². The summed E-state index contributed by atoms with van der Waals surface area (Å²) in [4.78, 5) is 19.1. The molecule has 0 atom stereocenters. The van der Waals surface area contributed by atoms with E-state index in [4.69, 9.17) is 4.74 Å². The highest BCUT2D eigenvalue weighted by Crippen LogP contribution is 2.24. The van der Waals surface area contributed by atoms with Crippen LogP contribution in [0.5, 0.6) is 5.75 Å². The third-order valence-corrected chi connectivity index (χ3v) is 5.33. The minimum absolute atomic E-state index is 0.170. The Morgan fingerprint density at radius 1 is 1.21 bits per heavy atom. The molecule has 148 valence electrons. The van der Waals surface area contributed by atoms with Crippen LogP contribution in [0.25, 0.3) is 6.08 Å². The third kappa shape index (κ3) is 4.91. The average molecular weight is 380 g/mol. The molecule has 1 fully saturated rings. The minimum Gasteiger partial charge on any atom is -0.497 e. The average Bonchev–Trinajstić information content (AvgIpc) is 2.68. The van der Waals surface area contributed by atoms with E-state index >= 15 is 0 Å². The number of aromatic nitrogens is 1. The molecule has 1 aliphatic heterocycles. The molecule has 1 saturated heterocycles. The van der Waals surface area contributed by atoms with E-state index in [-0.39, 0.29) is 5.91 Å². The van der Waals surface area contributed by atoms with Crippen LogP contribution in [-0.2, 0) is 4.79 Å². The van der Waals surface area contributed by atoms with Crippen LogP contribution >= 0.6 is 0 Å². The van der Waals surface area contributed by atoms with Crippen LogP contribution in [0, 0.1) is 19.8 Å². The molecule has 0 radical (unpaired) electrons. The molecular weight excluding hydrogens is 350 g/mol. The van der Waals surface area contributed by atoms with Crippen LogP contribution in [0.3, 0.4) is 0 Å². The number of benzene rings is 1. The summed E-state index contributed by atoms with van der Waals surface area (Å²) in [5, 5.41) is 2.88. The predicted octanol–water partition coefficient (Wildman–Crippen LogP) is 4.60. The molecule has 3 rings (SSSR count). The van der Waals surface area contributed by atoms with Crippen LogP contribution in [0.4, 0.5) is 11.5 Å². The molecular formula is C23H29N3O2. The second-order valence-corrected chi connectivity index (χ2v) is 7.57. The van der Waals surface area contributed by atoms with E-state index in [1.165, 1.54) is 12.8 Å². The zero-order valence-corrected chi connectivity index (χ0v) is 17.2. The van der Waals surface area contributed by atoms with Gasteiger partial charge in [-0.1, -0.05) is 6.92 Å². The summed E-state index contributed by atoms with van der Waals surface area (Å²) in [5.74, 6) is 2.42. The molecule has 1 aromatic heterocycles. The zero-order valence-electron chi connectivity index (χ0n) is 17.2. The van der Waals surface area contributed by atoms with Crippen molar-refractivity contribution in [1.29, 1.82) is 0 Å². The van der Waals surface area contributed by atoms with Gasteiger partial charge in [-0.2, -0.15) is 0 Å². The number of methoxy groups -OCH3 is 1. The number of anilines is 2. The molecule has 2 heterocycles. The molecule has 0 unspecified atom stereocenters. The van der Waals surface area contributed by atoms with Gasteiger partial charge in [0.15, 0.2) is 0 Å². The lowest BCUT2D eigenvalue weighted by molar-refractivity contribution is -0.111. The van der Waals surface area contributed by atoms with E-state index < -0.39 is 0 Å². The van der Waals surface area contributed by atoms with E-state index in [1.807, 2.05) is 44.2 Å². The maximum absolute atomic E-state index is 12.3. The van der Waals surface area contributed by atoms with E-state index in [0.29, 0.717) is 5.69 Å². The number of nitrogens with zero attached hydrogens (tertiary/aromatic N) is 2. The van der Waals surface area contributed by atoms with Gasteiger partial charge in [0.05, 0.1) is 19.0 Å². The van der Waals surface area contributed by atoms with Gasteiger partial charge >= 0.3 is 0 Å². The van der Waals surface area contributed by atoms with Crippen molar-refractivity contribution >= 4 is 23.5 Å². The Kier molecular flexibility index (Phi) is 6.34. The van der Waals surface area contributed by atoms with Crippen LogP contribution in [0.2, 0.25) is 0 Å². The first-order chi connectivity index (χ1) is 13.5. The number of rotatable bonds is 5. The molecule has 28 heavy (non-hydrogen) atoms. The standard InChI is InChI=1S/C23H29N3O2/c1-16-9-11-26(12-10-16)22-7-5-19(15-24-22)25-23(27)8-6-21-17(2)13-20(28-4)14-18(21)3/h5-8,13-16H,9-12H2,1-4H3,(H,25,27)/b8-6+. The predicted molar refractivity (Wildman–Crippen MR) is 115 cm³/mol. The molecule has 0 aliphatic carbocycles. The summed E-state index contributed by atoms with van der Waals surface area (Å²) in [6, 6.07) is 7.83.